The molecule has 1 aromatic rings. The summed E-state index contributed by atoms with van der Waals surface area (Å²) in [4.78, 5) is 23.8. The first-order valence-electron chi connectivity index (χ1n) is 6.68. The maximum absolute atomic E-state index is 11.9. The molecule has 0 bridgehead atoms. The Bertz CT molecular complexity index is 534. The molecule has 1 amide bonds. The van der Waals surface area contributed by atoms with Gasteiger partial charge in [-0.1, -0.05) is 0 Å². The Labute approximate surface area is 112 Å². The monoisotopic (exact) mass is 259 g/mol. The summed E-state index contributed by atoms with van der Waals surface area (Å²) in [5, 5.41) is 2.97. The van der Waals surface area contributed by atoms with Gasteiger partial charge in [-0.15, -0.1) is 0 Å². The minimum atomic E-state index is -0.00338. The average Bonchev–Trinajstić information content (AvgIpc) is 3.15. The zero-order chi connectivity index (χ0) is 13.4. The number of hydrogen-bond acceptors (Lipinski definition) is 3. The zero-order valence-electron chi connectivity index (χ0n) is 10.9. The molecule has 2 aliphatic carbocycles. The van der Waals surface area contributed by atoms with E-state index in [-0.39, 0.29) is 17.6 Å². The second kappa shape index (κ2) is 4.68. The van der Waals surface area contributed by atoms with E-state index in [0.717, 1.165) is 29.7 Å². The molecule has 0 spiro atoms. The van der Waals surface area contributed by atoms with Crippen molar-refractivity contribution in [3.8, 4) is 5.75 Å². The molecule has 100 valence electrons. The smallest absolute Gasteiger partial charge is 0.220 e. The summed E-state index contributed by atoms with van der Waals surface area (Å²) >= 11 is 0. The van der Waals surface area contributed by atoms with Gasteiger partial charge in [-0.25, -0.2) is 0 Å². The SMILES string of the molecule is COc1ccc2c(c1)C(CC(=O)NC1CC1)CC2=O. The van der Waals surface area contributed by atoms with Gasteiger partial charge < -0.3 is 10.1 Å². The Morgan fingerprint density at radius 3 is 2.89 bits per heavy atom. The summed E-state index contributed by atoms with van der Waals surface area (Å²) < 4.78 is 5.19. The standard InChI is InChI=1S/C15H17NO3/c1-19-11-4-5-12-13(8-11)9(6-14(12)17)7-15(18)16-10-2-3-10/h4-5,8-10H,2-3,6-7H2,1H3,(H,16,18). The summed E-state index contributed by atoms with van der Waals surface area (Å²) in [6.07, 6.45) is 2.99. The molecule has 1 N–H and O–H groups in total. The van der Waals surface area contributed by atoms with E-state index in [1.807, 2.05) is 6.07 Å². The molecule has 1 atom stereocenters. The fourth-order valence-electron chi connectivity index (χ4n) is 2.62. The lowest BCUT2D eigenvalue weighted by Crippen LogP contribution is -2.26. The largest absolute Gasteiger partial charge is 0.497 e. The number of methoxy groups -OCH3 is 1. The van der Waals surface area contributed by atoms with E-state index in [2.05, 4.69) is 5.32 Å². The first kappa shape index (κ1) is 12.2. The minimum Gasteiger partial charge on any atom is -0.497 e. The number of amides is 1. The molecular formula is C15H17NO3. The van der Waals surface area contributed by atoms with E-state index < -0.39 is 0 Å². The third kappa shape index (κ3) is 2.48. The lowest BCUT2D eigenvalue weighted by Gasteiger charge is -2.11. The topological polar surface area (TPSA) is 55.4 Å². The van der Waals surface area contributed by atoms with Crippen LogP contribution in [0, 0.1) is 0 Å². The quantitative estimate of drug-likeness (QED) is 0.900. The van der Waals surface area contributed by atoms with E-state index in [4.69, 9.17) is 4.74 Å². The highest BCUT2D eigenvalue weighted by molar-refractivity contribution is 6.02. The Kier molecular flexibility index (Phi) is 3.01. The van der Waals surface area contributed by atoms with Crippen molar-refractivity contribution >= 4 is 11.7 Å². The summed E-state index contributed by atoms with van der Waals surface area (Å²) in [6.45, 7) is 0. The van der Waals surface area contributed by atoms with Crippen molar-refractivity contribution in [3.05, 3.63) is 29.3 Å². The number of Topliss-reactive ketones (excluding diaryl/α,β-unsaturated/α-hetero) is 1. The maximum atomic E-state index is 11.9. The highest BCUT2D eigenvalue weighted by atomic mass is 16.5. The molecule has 19 heavy (non-hydrogen) atoms. The second-order valence-electron chi connectivity index (χ2n) is 5.32. The number of carbonyl (C=O) groups is 2. The van der Waals surface area contributed by atoms with Crippen LogP contribution in [0.1, 0.15) is 47.5 Å². The van der Waals surface area contributed by atoms with Gasteiger partial charge in [0.2, 0.25) is 5.91 Å². The van der Waals surface area contributed by atoms with Gasteiger partial charge >= 0.3 is 0 Å². The molecule has 1 unspecified atom stereocenters. The fourth-order valence-corrected chi connectivity index (χ4v) is 2.62. The first-order valence-corrected chi connectivity index (χ1v) is 6.68. The highest BCUT2D eigenvalue weighted by Gasteiger charge is 2.32. The van der Waals surface area contributed by atoms with Crippen LogP contribution in [-0.4, -0.2) is 24.8 Å². The minimum absolute atomic E-state index is 0.00338. The average molecular weight is 259 g/mol. The summed E-state index contributed by atoms with van der Waals surface area (Å²) in [7, 11) is 1.60. The lowest BCUT2D eigenvalue weighted by molar-refractivity contribution is -0.121. The summed E-state index contributed by atoms with van der Waals surface area (Å²) in [5.41, 5.74) is 1.69. The van der Waals surface area contributed by atoms with Crippen molar-refractivity contribution < 1.29 is 14.3 Å². The van der Waals surface area contributed by atoms with E-state index in [9.17, 15) is 9.59 Å². The number of hydrogen-bond donors (Lipinski definition) is 1. The maximum Gasteiger partial charge on any atom is 0.220 e. The van der Waals surface area contributed by atoms with Crippen LogP contribution in [0.25, 0.3) is 0 Å². The molecule has 1 aromatic carbocycles. The molecule has 0 radical (unpaired) electrons. The predicted molar refractivity (Wildman–Crippen MR) is 70.5 cm³/mol. The van der Waals surface area contributed by atoms with Gasteiger partial charge in [0.25, 0.3) is 0 Å². The third-order valence-corrected chi connectivity index (χ3v) is 3.81. The van der Waals surface area contributed by atoms with Gasteiger partial charge in [-0.2, -0.15) is 0 Å². The number of ketones is 1. The van der Waals surface area contributed by atoms with Crippen LogP contribution in [-0.2, 0) is 4.79 Å². The molecular weight excluding hydrogens is 242 g/mol. The first-order chi connectivity index (χ1) is 9.17. The number of carbonyl (C=O) groups excluding carboxylic acids is 2. The summed E-state index contributed by atoms with van der Waals surface area (Å²) in [5.74, 6) is 0.912. The van der Waals surface area contributed by atoms with Gasteiger partial charge in [0.15, 0.2) is 5.78 Å². The number of rotatable bonds is 4. The molecule has 0 saturated heterocycles. The lowest BCUT2D eigenvalue weighted by atomic mass is 9.97. The van der Waals surface area contributed by atoms with Gasteiger partial charge in [-0.05, 0) is 36.6 Å². The number of fused-ring (bicyclic) bond motifs is 1. The molecule has 0 aliphatic heterocycles. The second-order valence-corrected chi connectivity index (χ2v) is 5.32. The molecule has 1 fully saturated rings. The van der Waals surface area contributed by atoms with E-state index in [0.29, 0.717) is 18.9 Å². The van der Waals surface area contributed by atoms with Crippen molar-refractivity contribution in [3.63, 3.8) is 0 Å². The van der Waals surface area contributed by atoms with E-state index in [1.165, 1.54) is 0 Å². The van der Waals surface area contributed by atoms with Crippen LogP contribution >= 0.6 is 0 Å². The van der Waals surface area contributed by atoms with Crippen LogP contribution in [0.2, 0.25) is 0 Å². The van der Waals surface area contributed by atoms with E-state index >= 15 is 0 Å². The number of ether oxygens (including phenoxy) is 1. The zero-order valence-corrected chi connectivity index (χ0v) is 10.9. The highest BCUT2D eigenvalue weighted by Crippen LogP contribution is 2.37. The Balaban J connectivity index is 1.77. The number of benzene rings is 1. The number of nitrogens with one attached hydrogen (secondary N) is 1. The predicted octanol–water partition coefficient (Wildman–Crippen LogP) is 2.03. The Morgan fingerprint density at radius 2 is 2.21 bits per heavy atom. The van der Waals surface area contributed by atoms with Crippen LogP contribution in [0.4, 0.5) is 0 Å². The van der Waals surface area contributed by atoms with Crippen molar-refractivity contribution in [1.82, 2.24) is 5.32 Å². The van der Waals surface area contributed by atoms with Crippen LogP contribution in [0.15, 0.2) is 18.2 Å². The Morgan fingerprint density at radius 1 is 1.42 bits per heavy atom. The van der Waals surface area contributed by atoms with Gasteiger partial charge in [0, 0.05) is 30.4 Å². The van der Waals surface area contributed by atoms with Crippen LogP contribution < -0.4 is 10.1 Å². The normalized spacial score (nSPS) is 21.1. The third-order valence-electron chi connectivity index (χ3n) is 3.81. The van der Waals surface area contributed by atoms with Crippen LogP contribution in [0.3, 0.4) is 0 Å². The van der Waals surface area contributed by atoms with Gasteiger partial charge in [0.1, 0.15) is 5.75 Å². The molecule has 3 rings (SSSR count). The van der Waals surface area contributed by atoms with Gasteiger partial charge in [0.05, 0.1) is 7.11 Å². The van der Waals surface area contributed by atoms with Crippen molar-refractivity contribution in [2.75, 3.05) is 7.11 Å². The fraction of sp³-hybridized carbons (Fsp3) is 0.467. The molecule has 2 aliphatic rings. The van der Waals surface area contributed by atoms with Crippen molar-refractivity contribution in [2.45, 2.75) is 37.6 Å². The van der Waals surface area contributed by atoms with Crippen LogP contribution in [0.5, 0.6) is 5.75 Å². The van der Waals surface area contributed by atoms with Gasteiger partial charge in [-0.3, -0.25) is 9.59 Å². The van der Waals surface area contributed by atoms with E-state index in [1.54, 1.807) is 19.2 Å². The molecule has 4 nitrogen and oxygen atoms in total. The van der Waals surface area contributed by atoms with Crippen molar-refractivity contribution in [1.29, 1.82) is 0 Å². The Hall–Kier alpha value is -1.84. The molecule has 0 aromatic heterocycles. The molecule has 0 heterocycles. The van der Waals surface area contributed by atoms with Crippen molar-refractivity contribution in [2.24, 2.45) is 0 Å². The molecule has 1 saturated carbocycles. The molecule has 4 heteroatoms. The summed E-state index contributed by atoms with van der Waals surface area (Å²) in [6, 6.07) is 5.85.